The molecule has 94 valence electrons. The van der Waals surface area contributed by atoms with Crippen molar-refractivity contribution in [2.75, 3.05) is 13.1 Å². The largest absolute Gasteiger partial charge is 0.337 e. The molecule has 0 radical (unpaired) electrons. The lowest BCUT2D eigenvalue weighted by Gasteiger charge is -2.14. The Balaban J connectivity index is 2.09. The third kappa shape index (κ3) is 2.50. The lowest BCUT2D eigenvalue weighted by molar-refractivity contribution is 0.0780. The molecule has 1 fully saturated rings. The van der Waals surface area contributed by atoms with Gasteiger partial charge in [-0.05, 0) is 18.8 Å². The summed E-state index contributed by atoms with van der Waals surface area (Å²) in [6.45, 7) is 7.93. The summed E-state index contributed by atoms with van der Waals surface area (Å²) in [7, 11) is 0. The highest BCUT2D eigenvalue weighted by Gasteiger charge is 2.30. The van der Waals surface area contributed by atoms with Crippen molar-refractivity contribution in [3.8, 4) is 0 Å². The Morgan fingerprint density at radius 2 is 2.12 bits per heavy atom. The van der Waals surface area contributed by atoms with E-state index < -0.39 is 0 Å². The van der Waals surface area contributed by atoms with Crippen LogP contribution in [0.4, 0.5) is 0 Å². The zero-order valence-corrected chi connectivity index (χ0v) is 11.3. The van der Waals surface area contributed by atoms with E-state index in [2.05, 4.69) is 18.8 Å². The van der Waals surface area contributed by atoms with Crippen molar-refractivity contribution in [3.63, 3.8) is 0 Å². The van der Waals surface area contributed by atoms with Gasteiger partial charge in [0.25, 0.3) is 5.91 Å². The molecule has 2 rings (SSSR count). The summed E-state index contributed by atoms with van der Waals surface area (Å²) in [5.41, 5.74) is 6.29. The number of nitrogens with two attached hydrogens (primary N) is 1. The number of thiazole rings is 1. The van der Waals surface area contributed by atoms with Crippen LogP contribution in [-0.4, -0.2) is 28.9 Å². The van der Waals surface area contributed by atoms with Crippen molar-refractivity contribution in [3.05, 3.63) is 16.1 Å². The molecule has 0 bridgehead atoms. The zero-order chi connectivity index (χ0) is 12.6. The molecule has 0 spiro atoms. The van der Waals surface area contributed by atoms with Crippen molar-refractivity contribution in [2.24, 2.45) is 17.6 Å². The Hall–Kier alpha value is -0.940. The molecule has 2 heterocycles. The molecule has 5 heteroatoms. The third-order valence-electron chi connectivity index (χ3n) is 3.41. The van der Waals surface area contributed by atoms with Crippen LogP contribution in [0.25, 0.3) is 0 Å². The first-order valence-electron chi connectivity index (χ1n) is 5.99. The SMILES string of the molecule is CC(N)c1nc(C(=O)N2CC(C)C(C)C2)cs1. The van der Waals surface area contributed by atoms with Crippen LogP contribution in [0.15, 0.2) is 5.38 Å². The number of amides is 1. The zero-order valence-electron chi connectivity index (χ0n) is 10.5. The molecule has 4 nitrogen and oxygen atoms in total. The van der Waals surface area contributed by atoms with E-state index in [4.69, 9.17) is 5.73 Å². The van der Waals surface area contributed by atoms with E-state index in [-0.39, 0.29) is 11.9 Å². The number of likely N-dealkylation sites (tertiary alicyclic amines) is 1. The van der Waals surface area contributed by atoms with Crippen LogP contribution in [0.5, 0.6) is 0 Å². The van der Waals surface area contributed by atoms with Crippen molar-refractivity contribution >= 4 is 17.2 Å². The second-order valence-corrected chi connectivity index (χ2v) is 5.91. The minimum atomic E-state index is -0.0991. The molecule has 0 aliphatic carbocycles. The topological polar surface area (TPSA) is 59.2 Å². The standard InChI is InChI=1S/C12H19N3OS/c1-7-4-15(5-8(7)2)12(16)10-6-17-11(14-10)9(3)13/h6-9H,4-5,13H2,1-3H3. The fraction of sp³-hybridized carbons (Fsp3) is 0.667. The molecule has 1 amide bonds. The van der Waals surface area contributed by atoms with Crippen molar-refractivity contribution in [1.29, 1.82) is 0 Å². The second kappa shape index (κ2) is 4.74. The molecule has 1 aliphatic rings. The van der Waals surface area contributed by atoms with Gasteiger partial charge in [-0.3, -0.25) is 4.79 Å². The summed E-state index contributed by atoms with van der Waals surface area (Å²) in [6, 6.07) is -0.0991. The summed E-state index contributed by atoms with van der Waals surface area (Å²) in [5.74, 6) is 1.19. The summed E-state index contributed by atoms with van der Waals surface area (Å²) in [5, 5.41) is 2.64. The van der Waals surface area contributed by atoms with E-state index in [1.807, 2.05) is 17.2 Å². The third-order valence-corrected chi connectivity index (χ3v) is 4.45. The second-order valence-electron chi connectivity index (χ2n) is 5.02. The van der Waals surface area contributed by atoms with Gasteiger partial charge in [0.15, 0.2) is 0 Å². The minimum absolute atomic E-state index is 0.0457. The van der Waals surface area contributed by atoms with E-state index in [0.717, 1.165) is 18.1 Å². The van der Waals surface area contributed by atoms with E-state index in [1.165, 1.54) is 11.3 Å². The quantitative estimate of drug-likeness (QED) is 0.875. The Labute approximate surface area is 106 Å². The van der Waals surface area contributed by atoms with Gasteiger partial charge in [0, 0.05) is 18.5 Å². The van der Waals surface area contributed by atoms with E-state index in [9.17, 15) is 4.79 Å². The first-order chi connectivity index (χ1) is 7.99. The first kappa shape index (κ1) is 12.5. The Bertz CT molecular complexity index is 406. The summed E-state index contributed by atoms with van der Waals surface area (Å²) in [6.07, 6.45) is 0. The molecule has 17 heavy (non-hydrogen) atoms. The highest BCUT2D eigenvalue weighted by Crippen LogP contribution is 2.24. The maximum atomic E-state index is 12.2. The molecule has 2 N–H and O–H groups in total. The highest BCUT2D eigenvalue weighted by atomic mass is 32.1. The van der Waals surface area contributed by atoms with E-state index in [1.54, 1.807) is 0 Å². The molecule has 1 saturated heterocycles. The molecule has 0 saturated carbocycles. The fourth-order valence-electron chi connectivity index (χ4n) is 2.05. The number of hydrogen-bond donors (Lipinski definition) is 1. The molecule has 1 aliphatic heterocycles. The van der Waals surface area contributed by atoms with Gasteiger partial charge in [-0.25, -0.2) is 4.98 Å². The summed E-state index contributed by atoms with van der Waals surface area (Å²) >= 11 is 1.46. The Morgan fingerprint density at radius 1 is 1.53 bits per heavy atom. The molecule has 1 aromatic heterocycles. The highest BCUT2D eigenvalue weighted by molar-refractivity contribution is 7.09. The van der Waals surface area contributed by atoms with Crippen molar-refractivity contribution in [2.45, 2.75) is 26.8 Å². The first-order valence-corrected chi connectivity index (χ1v) is 6.87. The van der Waals surface area contributed by atoms with Gasteiger partial charge in [0.2, 0.25) is 0 Å². The Kier molecular flexibility index (Phi) is 3.49. The summed E-state index contributed by atoms with van der Waals surface area (Å²) < 4.78 is 0. The average molecular weight is 253 g/mol. The molecule has 3 atom stereocenters. The van der Waals surface area contributed by atoms with Crippen molar-refractivity contribution < 1.29 is 4.79 Å². The molecule has 0 aromatic carbocycles. The predicted octanol–water partition coefficient (Wildman–Crippen LogP) is 1.89. The fourth-order valence-corrected chi connectivity index (χ4v) is 2.80. The minimum Gasteiger partial charge on any atom is -0.337 e. The van der Waals surface area contributed by atoms with Gasteiger partial charge in [0.1, 0.15) is 10.7 Å². The summed E-state index contributed by atoms with van der Waals surface area (Å²) in [4.78, 5) is 18.4. The average Bonchev–Trinajstić information content (AvgIpc) is 2.86. The number of hydrogen-bond acceptors (Lipinski definition) is 4. The van der Waals surface area contributed by atoms with Crippen LogP contribution in [0.2, 0.25) is 0 Å². The van der Waals surface area contributed by atoms with Crippen LogP contribution < -0.4 is 5.73 Å². The number of carbonyl (C=O) groups is 1. The van der Waals surface area contributed by atoms with Crippen LogP contribution in [-0.2, 0) is 0 Å². The van der Waals surface area contributed by atoms with Crippen LogP contribution in [0.1, 0.15) is 42.3 Å². The molecular formula is C12H19N3OS. The van der Waals surface area contributed by atoms with Crippen LogP contribution >= 0.6 is 11.3 Å². The maximum Gasteiger partial charge on any atom is 0.273 e. The maximum absolute atomic E-state index is 12.2. The lowest BCUT2D eigenvalue weighted by atomic mass is 10.0. The van der Waals surface area contributed by atoms with Gasteiger partial charge < -0.3 is 10.6 Å². The molecule has 3 unspecified atom stereocenters. The van der Waals surface area contributed by atoms with E-state index in [0.29, 0.717) is 17.5 Å². The van der Waals surface area contributed by atoms with Gasteiger partial charge in [-0.15, -0.1) is 11.3 Å². The van der Waals surface area contributed by atoms with Gasteiger partial charge in [-0.1, -0.05) is 13.8 Å². The normalized spacial score (nSPS) is 26.2. The van der Waals surface area contributed by atoms with Gasteiger partial charge >= 0.3 is 0 Å². The molecular weight excluding hydrogens is 234 g/mol. The van der Waals surface area contributed by atoms with Crippen LogP contribution in [0.3, 0.4) is 0 Å². The van der Waals surface area contributed by atoms with Gasteiger partial charge in [0.05, 0.1) is 6.04 Å². The smallest absolute Gasteiger partial charge is 0.273 e. The monoisotopic (exact) mass is 253 g/mol. The number of rotatable bonds is 2. The van der Waals surface area contributed by atoms with Crippen molar-refractivity contribution in [1.82, 2.24) is 9.88 Å². The van der Waals surface area contributed by atoms with Gasteiger partial charge in [-0.2, -0.15) is 0 Å². The predicted molar refractivity (Wildman–Crippen MR) is 68.9 cm³/mol. The lowest BCUT2D eigenvalue weighted by Crippen LogP contribution is -2.29. The number of aromatic nitrogens is 1. The Morgan fingerprint density at radius 3 is 2.59 bits per heavy atom. The van der Waals surface area contributed by atoms with E-state index >= 15 is 0 Å². The number of carbonyl (C=O) groups excluding carboxylic acids is 1. The van der Waals surface area contributed by atoms with Crippen LogP contribution in [0, 0.1) is 11.8 Å². The number of nitrogens with zero attached hydrogens (tertiary/aromatic N) is 2. The molecule has 1 aromatic rings.